The molecule has 0 spiro atoms. The van der Waals surface area contributed by atoms with Crippen molar-refractivity contribution in [3.63, 3.8) is 0 Å². The quantitative estimate of drug-likeness (QED) is 0.156. The maximum atomic E-state index is 13.8. The topological polar surface area (TPSA) is 38.7 Å². The van der Waals surface area contributed by atoms with Gasteiger partial charge >= 0.3 is 0 Å². The van der Waals surface area contributed by atoms with Crippen LogP contribution in [0, 0.1) is 34.9 Å². The fraction of sp³-hybridized carbons (Fsp3) is 0. The van der Waals surface area contributed by atoms with Crippen molar-refractivity contribution in [2.24, 2.45) is 0 Å². The number of hydrogen-bond acceptors (Lipinski definition) is 3. The molecule has 3 heterocycles. The predicted molar refractivity (Wildman–Crippen MR) is 225 cm³/mol. The molecule has 1 radical (unpaired) electrons. The Morgan fingerprint density at radius 3 is 0.803 bits per heavy atom. The van der Waals surface area contributed by atoms with E-state index in [1.165, 1.54) is 18.2 Å². The zero-order valence-corrected chi connectivity index (χ0v) is 34.4. The molecule has 0 saturated heterocycles. The van der Waals surface area contributed by atoms with E-state index in [0.717, 1.165) is 70.2 Å². The van der Waals surface area contributed by atoms with Crippen LogP contribution in [0.2, 0.25) is 0 Å². The second-order valence-corrected chi connectivity index (χ2v) is 13.3. The van der Waals surface area contributed by atoms with Crippen molar-refractivity contribution < 1.29 is 46.4 Å². The average molecular weight is 994 g/mol. The summed E-state index contributed by atoms with van der Waals surface area (Å²) in [5, 5.41) is 0. The molecule has 3 aromatic heterocycles. The van der Waals surface area contributed by atoms with Gasteiger partial charge in [-0.2, -0.15) is 0 Å². The number of rotatable bonds is 6. The van der Waals surface area contributed by atoms with Crippen LogP contribution in [-0.2, 0) is 20.1 Å². The Morgan fingerprint density at radius 1 is 0.262 bits per heavy atom. The molecule has 9 rings (SSSR count). The number of benzene rings is 6. The monoisotopic (exact) mass is 994 g/mol. The van der Waals surface area contributed by atoms with Crippen molar-refractivity contribution in [3.05, 3.63) is 235 Å². The van der Waals surface area contributed by atoms with Gasteiger partial charge in [-0.05, 0) is 126 Å². The van der Waals surface area contributed by atoms with E-state index in [2.05, 4.69) is 15.0 Å². The van der Waals surface area contributed by atoms with Crippen LogP contribution in [0.15, 0.2) is 201 Å². The van der Waals surface area contributed by atoms with Crippen molar-refractivity contribution in [1.82, 2.24) is 15.0 Å². The van der Waals surface area contributed by atoms with Crippen molar-refractivity contribution >= 4 is 0 Å². The smallest absolute Gasteiger partial charge is 0.131 e. The first-order chi connectivity index (χ1) is 29.2. The minimum atomic E-state index is -0.454. The molecule has 6 aromatic carbocycles. The van der Waals surface area contributed by atoms with E-state index in [9.17, 15) is 26.3 Å². The van der Waals surface area contributed by atoms with Crippen molar-refractivity contribution in [1.29, 1.82) is 0 Å². The summed E-state index contributed by atoms with van der Waals surface area (Å²) in [7, 11) is 0. The summed E-state index contributed by atoms with van der Waals surface area (Å²) < 4.78 is 81.3. The van der Waals surface area contributed by atoms with Crippen LogP contribution in [0.5, 0.6) is 0 Å². The van der Waals surface area contributed by atoms with Crippen LogP contribution in [-0.4, -0.2) is 15.0 Å². The molecule has 0 aliphatic carbocycles. The number of aromatic nitrogens is 3. The molecular weight excluding hydrogens is 961 g/mol. The molecule has 0 unspecified atom stereocenters. The number of nitrogens with zero attached hydrogens (tertiary/aromatic N) is 3. The maximum Gasteiger partial charge on any atom is 0.131 e. The maximum absolute atomic E-state index is 13.8. The molecule has 9 aromatic rings. The summed E-state index contributed by atoms with van der Waals surface area (Å²) in [5.41, 5.74) is 7.64. The van der Waals surface area contributed by atoms with Gasteiger partial charge in [-0.25, -0.2) is 26.3 Å². The molecule has 0 aliphatic heterocycles. The van der Waals surface area contributed by atoms with Crippen molar-refractivity contribution in [2.75, 3.05) is 0 Å². The predicted octanol–water partition coefficient (Wildman–Crippen LogP) is 14.1. The molecular formula is C51H33F6IrN3. The summed E-state index contributed by atoms with van der Waals surface area (Å²) in [5.74, 6) is -2.68. The molecule has 0 aliphatic rings. The van der Waals surface area contributed by atoms with E-state index < -0.39 is 34.9 Å². The summed E-state index contributed by atoms with van der Waals surface area (Å²) >= 11 is 0. The van der Waals surface area contributed by atoms with Crippen LogP contribution < -0.4 is 0 Å². The molecule has 3 nitrogen and oxygen atoms in total. The Labute approximate surface area is 362 Å². The molecule has 0 bridgehead atoms. The molecule has 10 heteroatoms. The fourth-order valence-corrected chi connectivity index (χ4v) is 6.29. The van der Waals surface area contributed by atoms with Crippen LogP contribution in [0.25, 0.3) is 67.2 Å². The summed E-state index contributed by atoms with van der Waals surface area (Å²) in [6.45, 7) is 0. The third-order valence-electron chi connectivity index (χ3n) is 9.19. The van der Waals surface area contributed by atoms with Crippen molar-refractivity contribution in [2.45, 2.75) is 0 Å². The zero-order chi connectivity index (χ0) is 41.8. The van der Waals surface area contributed by atoms with Gasteiger partial charge in [0.25, 0.3) is 0 Å². The molecule has 303 valence electrons. The standard InChI is InChI=1S/3C17H11F2N.Ir/c3*18-14-7-8-16(19)15(11-14)12-4-3-5-13(10-12)17-6-1-2-9-20-17;/h3*1-11H;. The molecule has 61 heavy (non-hydrogen) atoms. The first-order valence-electron chi connectivity index (χ1n) is 18.6. The minimum Gasteiger partial charge on any atom is -0.256 e. The van der Waals surface area contributed by atoms with E-state index in [1.807, 2.05) is 91.0 Å². The van der Waals surface area contributed by atoms with Gasteiger partial charge in [0, 0.05) is 72.1 Å². The number of hydrogen-bond donors (Lipinski definition) is 0. The molecule has 0 amide bonds. The van der Waals surface area contributed by atoms with Crippen LogP contribution in [0.1, 0.15) is 0 Å². The minimum absolute atomic E-state index is 0. The Hall–Kier alpha value is -7.00. The molecule has 0 fully saturated rings. The van der Waals surface area contributed by atoms with Crippen LogP contribution in [0.4, 0.5) is 26.3 Å². The van der Waals surface area contributed by atoms with E-state index in [4.69, 9.17) is 0 Å². The average Bonchev–Trinajstić information content (AvgIpc) is 3.30. The van der Waals surface area contributed by atoms with Crippen molar-refractivity contribution in [3.8, 4) is 67.2 Å². The number of halogens is 6. The van der Waals surface area contributed by atoms with Gasteiger partial charge in [-0.1, -0.05) is 72.8 Å². The van der Waals surface area contributed by atoms with E-state index in [0.29, 0.717) is 16.7 Å². The molecule has 0 N–H and O–H groups in total. The Bertz CT molecular complexity index is 2530. The van der Waals surface area contributed by atoms with Gasteiger partial charge in [-0.3, -0.25) is 15.0 Å². The first-order valence-corrected chi connectivity index (χ1v) is 18.6. The fourth-order valence-electron chi connectivity index (χ4n) is 6.29. The second-order valence-electron chi connectivity index (χ2n) is 13.3. The van der Waals surface area contributed by atoms with Crippen LogP contribution >= 0.6 is 0 Å². The number of pyridine rings is 3. The normalized spacial score (nSPS) is 10.3. The van der Waals surface area contributed by atoms with Gasteiger partial charge in [-0.15, -0.1) is 0 Å². The Morgan fingerprint density at radius 2 is 0.541 bits per heavy atom. The first kappa shape index (κ1) is 43.6. The second kappa shape index (κ2) is 20.8. The summed E-state index contributed by atoms with van der Waals surface area (Å²) in [6, 6.07) is 48.9. The summed E-state index contributed by atoms with van der Waals surface area (Å²) in [6.07, 6.45) is 5.10. The van der Waals surface area contributed by atoms with E-state index in [1.54, 1.807) is 55.0 Å². The summed E-state index contributed by atoms with van der Waals surface area (Å²) in [4.78, 5) is 12.8. The van der Waals surface area contributed by atoms with E-state index in [-0.39, 0.29) is 36.8 Å². The van der Waals surface area contributed by atoms with Gasteiger partial charge in [0.05, 0.1) is 17.1 Å². The van der Waals surface area contributed by atoms with Gasteiger partial charge in [0.2, 0.25) is 0 Å². The Kier molecular flexibility index (Phi) is 14.9. The van der Waals surface area contributed by atoms with Crippen LogP contribution in [0.3, 0.4) is 0 Å². The zero-order valence-electron chi connectivity index (χ0n) is 32.0. The van der Waals surface area contributed by atoms with Gasteiger partial charge < -0.3 is 0 Å². The van der Waals surface area contributed by atoms with Gasteiger partial charge in [0.15, 0.2) is 0 Å². The van der Waals surface area contributed by atoms with E-state index >= 15 is 0 Å². The third kappa shape index (κ3) is 11.4. The molecule has 0 saturated carbocycles. The largest absolute Gasteiger partial charge is 0.256 e. The van der Waals surface area contributed by atoms with Gasteiger partial charge in [0.1, 0.15) is 34.9 Å². The Balaban J connectivity index is 0.000000152. The SMILES string of the molecule is Fc1ccc(F)c(-c2cccc(-c3ccccn3)c2)c1.Fc1ccc(F)c(-c2cccc(-c3ccccn3)c2)c1.Fc1ccc(F)c(-c2cccc(-c3ccccn3)c2)c1.[Ir]. The third-order valence-corrected chi connectivity index (χ3v) is 9.19. The molecule has 0 atom stereocenters.